The van der Waals surface area contributed by atoms with Crippen molar-refractivity contribution in [2.75, 3.05) is 5.32 Å². The normalized spacial score (nSPS) is 10.4. The molecule has 3 rings (SSSR count). The minimum atomic E-state index is -0.188. The van der Waals surface area contributed by atoms with E-state index in [-0.39, 0.29) is 11.8 Å². The first-order chi connectivity index (χ1) is 12.5. The standard InChI is InChI=1S/C20H19N3O2S/c1-13-18(19(25)21-12-15-7-4-3-5-8-15)23-20(26-13)16-9-6-10-17(11-16)22-14(2)24/h3-11H,12H2,1-2H3,(H,21,25)(H,22,24). The molecule has 0 saturated heterocycles. The van der Waals surface area contributed by atoms with Gasteiger partial charge in [0.1, 0.15) is 10.7 Å². The highest BCUT2D eigenvalue weighted by molar-refractivity contribution is 7.15. The predicted octanol–water partition coefficient (Wildman–Crippen LogP) is 4.01. The van der Waals surface area contributed by atoms with E-state index in [1.807, 2.05) is 61.5 Å². The summed E-state index contributed by atoms with van der Waals surface area (Å²) in [6, 6.07) is 17.2. The van der Waals surface area contributed by atoms with Gasteiger partial charge in [-0.15, -0.1) is 11.3 Å². The molecule has 0 aliphatic carbocycles. The first-order valence-corrected chi connectivity index (χ1v) is 9.02. The molecule has 0 spiro atoms. The maximum atomic E-state index is 12.5. The van der Waals surface area contributed by atoms with Crippen molar-refractivity contribution in [2.45, 2.75) is 20.4 Å². The second-order valence-electron chi connectivity index (χ2n) is 5.85. The fourth-order valence-electron chi connectivity index (χ4n) is 2.53. The summed E-state index contributed by atoms with van der Waals surface area (Å²) in [5, 5.41) is 6.41. The lowest BCUT2D eigenvalue weighted by Gasteiger charge is -2.04. The highest BCUT2D eigenvalue weighted by Gasteiger charge is 2.16. The van der Waals surface area contributed by atoms with Crippen LogP contribution in [0.15, 0.2) is 54.6 Å². The number of aromatic nitrogens is 1. The first kappa shape index (κ1) is 17.8. The molecule has 0 radical (unpaired) electrons. The van der Waals surface area contributed by atoms with E-state index in [4.69, 9.17) is 0 Å². The van der Waals surface area contributed by atoms with Gasteiger partial charge in [-0.3, -0.25) is 9.59 Å². The van der Waals surface area contributed by atoms with Crippen LogP contribution in [0.4, 0.5) is 5.69 Å². The Labute approximate surface area is 156 Å². The van der Waals surface area contributed by atoms with Crippen molar-refractivity contribution >= 4 is 28.8 Å². The van der Waals surface area contributed by atoms with E-state index in [0.29, 0.717) is 17.9 Å². The van der Waals surface area contributed by atoms with Crippen molar-refractivity contribution in [3.63, 3.8) is 0 Å². The molecule has 0 saturated carbocycles. The van der Waals surface area contributed by atoms with Crippen molar-refractivity contribution < 1.29 is 9.59 Å². The van der Waals surface area contributed by atoms with Crippen LogP contribution in [0.2, 0.25) is 0 Å². The molecule has 0 aliphatic heterocycles. The zero-order valence-corrected chi connectivity index (χ0v) is 15.4. The Morgan fingerprint density at radius 3 is 2.58 bits per heavy atom. The molecule has 2 N–H and O–H groups in total. The van der Waals surface area contributed by atoms with Gasteiger partial charge in [0, 0.05) is 29.6 Å². The van der Waals surface area contributed by atoms with Crippen LogP contribution >= 0.6 is 11.3 Å². The van der Waals surface area contributed by atoms with Crippen LogP contribution < -0.4 is 10.6 Å². The summed E-state index contributed by atoms with van der Waals surface area (Å²) < 4.78 is 0. The summed E-state index contributed by atoms with van der Waals surface area (Å²) >= 11 is 1.46. The minimum absolute atomic E-state index is 0.126. The molecule has 1 heterocycles. The monoisotopic (exact) mass is 365 g/mol. The Kier molecular flexibility index (Phi) is 5.43. The second-order valence-corrected chi connectivity index (χ2v) is 7.06. The summed E-state index contributed by atoms with van der Waals surface area (Å²) in [5.74, 6) is -0.315. The van der Waals surface area contributed by atoms with E-state index < -0.39 is 0 Å². The van der Waals surface area contributed by atoms with Gasteiger partial charge >= 0.3 is 0 Å². The molecule has 0 bridgehead atoms. The van der Waals surface area contributed by atoms with E-state index >= 15 is 0 Å². The van der Waals surface area contributed by atoms with Crippen molar-refractivity contribution in [3.05, 3.63) is 70.7 Å². The summed E-state index contributed by atoms with van der Waals surface area (Å²) in [5.41, 5.74) is 3.05. The van der Waals surface area contributed by atoms with Crippen molar-refractivity contribution in [2.24, 2.45) is 0 Å². The lowest BCUT2D eigenvalue weighted by atomic mass is 10.2. The Bertz CT molecular complexity index is 935. The smallest absolute Gasteiger partial charge is 0.271 e. The van der Waals surface area contributed by atoms with E-state index in [2.05, 4.69) is 15.6 Å². The molecule has 0 unspecified atom stereocenters. The van der Waals surface area contributed by atoms with Crippen LogP contribution in [0.3, 0.4) is 0 Å². The number of hydrogen-bond donors (Lipinski definition) is 2. The maximum Gasteiger partial charge on any atom is 0.271 e. The highest BCUT2D eigenvalue weighted by Crippen LogP contribution is 2.29. The third kappa shape index (κ3) is 4.34. The highest BCUT2D eigenvalue weighted by atomic mass is 32.1. The number of rotatable bonds is 5. The Morgan fingerprint density at radius 2 is 1.85 bits per heavy atom. The number of nitrogens with one attached hydrogen (secondary N) is 2. The number of aryl methyl sites for hydroxylation is 1. The molecule has 0 fully saturated rings. The van der Waals surface area contributed by atoms with E-state index in [9.17, 15) is 9.59 Å². The third-order valence-corrected chi connectivity index (χ3v) is 4.76. The molecule has 5 nitrogen and oxygen atoms in total. The van der Waals surface area contributed by atoms with Gasteiger partial charge in [-0.25, -0.2) is 4.98 Å². The Balaban J connectivity index is 1.76. The van der Waals surface area contributed by atoms with Crippen LogP contribution in [-0.4, -0.2) is 16.8 Å². The lowest BCUT2D eigenvalue weighted by Crippen LogP contribution is -2.23. The average Bonchev–Trinajstić information content (AvgIpc) is 3.02. The summed E-state index contributed by atoms with van der Waals surface area (Å²) in [7, 11) is 0. The van der Waals surface area contributed by atoms with Gasteiger partial charge in [0.15, 0.2) is 0 Å². The van der Waals surface area contributed by atoms with E-state index in [1.54, 1.807) is 0 Å². The fraction of sp³-hybridized carbons (Fsp3) is 0.150. The second kappa shape index (κ2) is 7.93. The van der Waals surface area contributed by atoms with Gasteiger partial charge in [-0.1, -0.05) is 42.5 Å². The largest absolute Gasteiger partial charge is 0.347 e. The fourth-order valence-corrected chi connectivity index (χ4v) is 3.43. The Hall–Kier alpha value is -2.99. The van der Waals surface area contributed by atoms with Crippen molar-refractivity contribution in [3.8, 4) is 10.6 Å². The number of hydrogen-bond acceptors (Lipinski definition) is 4. The molecular formula is C20H19N3O2S. The molecule has 1 aromatic heterocycles. The minimum Gasteiger partial charge on any atom is -0.347 e. The van der Waals surface area contributed by atoms with Crippen LogP contribution in [-0.2, 0) is 11.3 Å². The third-order valence-electron chi connectivity index (χ3n) is 3.74. The molecule has 132 valence electrons. The summed E-state index contributed by atoms with van der Waals surface area (Å²) in [4.78, 5) is 29.1. The van der Waals surface area contributed by atoms with Crippen LogP contribution in [0.5, 0.6) is 0 Å². The average molecular weight is 365 g/mol. The number of thiazole rings is 1. The van der Waals surface area contributed by atoms with Gasteiger partial charge in [0.2, 0.25) is 5.91 Å². The molecular weight excluding hydrogens is 346 g/mol. The molecule has 6 heteroatoms. The number of carbonyl (C=O) groups is 2. The van der Waals surface area contributed by atoms with E-state index in [0.717, 1.165) is 21.0 Å². The van der Waals surface area contributed by atoms with E-state index in [1.165, 1.54) is 18.3 Å². The number of benzene rings is 2. The molecule has 2 aromatic carbocycles. The topological polar surface area (TPSA) is 71.1 Å². The molecule has 2 amide bonds. The van der Waals surface area contributed by atoms with Crippen molar-refractivity contribution in [1.82, 2.24) is 10.3 Å². The number of anilines is 1. The Morgan fingerprint density at radius 1 is 1.08 bits per heavy atom. The number of nitrogens with zero attached hydrogens (tertiary/aromatic N) is 1. The molecule has 3 aromatic rings. The first-order valence-electron chi connectivity index (χ1n) is 8.20. The summed E-state index contributed by atoms with van der Waals surface area (Å²) in [6.07, 6.45) is 0. The SMILES string of the molecule is CC(=O)Nc1cccc(-c2nc(C(=O)NCc3ccccc3)c(C)s2)c1. The van der Waals surface area contributed by atoms with Crippen LogP contribution in [0, 0.1) is 6.92 Å². The lowest BCUT2D eigenvalue weighted by molar-refractivity contribution is -0.114. The maximum absolute atomic E-state index is 12.5. The van der Waals surface area contributed by atoms with Gasteiger partial charge in [0.25, 0.3) is 5.91 Å². The van der Waals surface area contributed by atoms with Crippen LogP contribution in [0.1, 0.15) is 27.9 Å². The number of carbonyl (C=O) groups excluding carboxylic acids is 2. The van der Waals surface area contributed by atoms with Gasteiger partial charge in [0.05, 0.1) is 0 Å². The molecule has 0 aliphatic rings. The predicted molar refractivity (Wildman–Crippen MR) is 104 cm³/mol. The van der Waals surface area contributed by atoms with Gasteiger partial charge < -0.3 is 10.6 Å². The quantitative estimate of drug-likeness (QED) is 0.718. The zero-order chi connectivity index (χ0) is 18.5. The zero-order valence-electron chi connectivity index (χ0n) is 14.6. The van der Waals surface area contributed by atoms with Crippen molar-refractivity contribution in [1.29, 1.82) is 0 Å². The van der Waals surface area contributed by atoms with Gasteiger partial charge in [-0.2, -0.15) is 0 Å². The number of amides is 2. The molecule has 0 atom stereocenters. The van der Waals surface area contributed by atoms with Crippen LogP contribution in [0.25, 0.3) is 10.6 Å². The molecule has 26 heavy (non-hydrogen) atoms. The summed E-state index contributed by atoms with van der Waals surface area (Å²) in [6.45, 7) is 3.82. The van der Waals surface area contributed by atoms with Gasteiger partial charge in [-0.05, 0) is 24.6 Å².